The van der Waals surface area contributed by atoms with Crippen LogP contribution in [-0.4, -0.2) is 37.5 Å². The third-order valence-corrected chi connectivity index (χ3v) is 5.05. The van der Waals surface area contributed by atoms with Gasteiger partial charge in [-0.1, -0.05) is 11.8 Å². The molecule has 4 rings (SSSR count). The Labute approximate surface area is 139 Å². The van der Waals surface area contributed by atoms with E-state index in [9.17, 15) is 13.6 Å². The summed E-state index contributed by atoms with van der Waals surface area (Å²) in [5.41, 5.74) is 1.51. The summed E-state index contributed by atoms with van der Waals surface area (Å²) < 4.78 is 28.2. The molecule has 1 N–H and O–H groups in total. The topological polar surface area (TPSA) is 66.8 Å². The Bertz CT molecular complexity index is 898. The summed E-state index contributed by atoms with van der Waals surface area (Å²) in [5, 5.41) is 4.26. The first-order valence-electron chi connectivity index (χ1n) is 7.33. The highest BCUT2D eigenvalue weighted by molar-refractivity contribution is 8.00. The summed E-state index contributed by atoms with van der Waals surface area (Å²) >= 11 is 1.27. The van der Waals surface area contributed by atoms with Gasteiger partial charge in [-0.3, -0.25) is 9.48 Å². The Morgan fingerprint density at radius 1 is 1.33 bits per heavy atom. The summed E-state index contributed by atoms with van der Waals surface area (Å²) in [4.78, 5) is 21.4. The van der Waals surface area contributed by atoms with E-state index in [1.165, 1.54) is 11.8 Å². The molecule has 0 saturated carbocycles. The van der Waals surface area contributed by atoms with Gasteiger partial charge in [0, 0.05) is 31.9 Å². The average molecular weight is 349 g/mol. The maximum atomic E-state index is 13.3. The average Bonchev–Trinajstić information content (AvgIpc) is 3.21. The lowest BCUT2D eigenvalue weighted by atomic mass is 10.3. The Morgan fingerprint density at radius 3 is 2.88 bits per heavy atom. The third kappa shape index (κ3) is 2.54. The number of rotatable bonds is 3. The van der Waals surface area contributed by atoms with Gasteiger partial charge in [-0.05, 0) is 6.42 Å². The first kappa shape index (κ1) is 15.1. The zero-order valence-corrected chi connectivity index (χ0v) is 13.5. The number of halogens is 2. The van der Waals surface area contributed by atoms with Crippen molar-refractivity contribution in [2.24, 2.45) is 7.05 Å². The summed E-state index contributed by atoms with van der Waals surface area (Å²) in [6.45, 7) is 0.603. The van der Waals surface area contributed by atoms with Crippen molar-refractivity contribution in [2.45, 2.75) is 16.8 Å². The predicted molar refractivity (Wildman–Crippen MR) is 85.8 cm³/mol. The Kier molecular flexibility index (Phi) is 3.52. The number of carbonyl (C=O) groups excluding carboxylic acids is 1. The minimum atomic E-state index is -0.940. The van der Waals surface area contributed by atoms with Crippen molar-refractivity contribution in [3.8, 4) is 0 Å². The highest BCUT2D eigenvalue weighted by Crippen LogP contribution is 2.32. The number of hydrogen-bond acceptors (Lipinski definition) is 4. The van der Waals surface area contributed by atoms with Crippen molar-refractivity contribution in [3.05, 3.63) is 36.2 Å². The van der Waals surface area contributed by atoms with Crippen LogP contribution in [0.1, 0.15) is 6.42 Å². The van der Waals surface area contributed by atoms with Crippen molar-refractivity contribution in [2.75, 3.05) is 11.4 Å². The van der Waals surface area contributed by atoms with Gasteiger partial charge >= 0.3 is 0 Å². The van der Waals surface area contributed by atoms with E-state index < -0.39 is 11.6 Å². The highest BCUT2D eigenvalue weighted by atomic mass is 32.2. The molecule has 1 atom stereocenters. The molecule has 1 aromatic carbocycles. The number of nitrogens with one attached hydrogen (secondary N) is 1. The fourth-order valence-corrected chi connectivity index (χ4v) is 3.78. The lowest BCUT2D eigenvalue weighted by molar-refractivity contribution is -0.116. The summed E-state index contributed by atoms with van der Waals surface area (Å²) in [7, 11) is 1.79. The van der Waals surface area contributed by atoms with Crippen LogP contribution < -0.4 is 4.90 Å². The third-order valence-electron chi connectivity index (χ3n) is 3.92. The van der Waals surface area contributed by atoms with Gasteiger partial charge in [0.25, 0.3) is 0 Å². The second-order valence-electron chi connectivity index (χ2n) is 5.58. The van der Waals surface area contributed by atoms with Crippen LogP contribution in [0.3, 0.4) is 0 Å². The van der Waals surface area contributed by atoms with E-state index in [-0.39, 0.29) is 11.2 Å². The van der Waals surface area contributed by atoms with Gasteiger partial charge in [0.05, 0.1) is 28.2 Å². The van der Waals surface area contributed by atoms with Crippen LogP contribution in [0.2, 0.25) is 0 Å². The van der Waals surface area contributed by atoms with E-state index in [1.54, 1.807) is 29.0 Å². The second-order valence-corrected chi connectivity index (χ2v) is 6.77. The van der Waals surface area contributed by atoms with E-state index >= 15 is 0 Å². The summed E-state index contributed by atoms with van der Waals surface area (Å²) in [5.74, 6) is -1.89. The molecule has 3 heterocycles. The van der Waals surface area contributed by atoms with Crippen LogP contribution in [0.5, 0.6) is 0 Å². The number of fused-ring (bicyclic) bond motifs is 1. The monoisotopic (exact) mass is 349 g/mol. The number of imidazole rings is 1. The minimum absolute atomic E-state index is 0.0224. The van der Waals surface area contributed by atoms with Gasteiger partial charge in [0.15, 0.2) is 16.8 Å². The molecule has 0 radical (unpaired) electrons. The zero-order chi connectivity index (χ0) is 16.8. The van der Waals surface area contributed by atoms with Crippen LogP contribution in [0.4, 0.5) is 14.5 Å². The molecule has 1 aliphatic heterocycles. The normalized spacial score (nSPS) is 18.0. The maximum Gasteiger partial charge on any atom is 0.240 e. The molecule has 0 aliphatic carbocycles. The van der Waals surface area contributed by atoms with Crippen molar-refractivity contribution >= 4 is 34.4 Å². The Morgan fingerprint density at radius 2 is 2.12 bits per heavy atom. The first-order valence-corrected chi connectivity index (χ1v) is 8.20. The van der Waals surface area contributed by atoms with E-state index in [4.69, 9.17) is 0 Å². The maximum absolute atomic E-state index is 13.3. The van der Waals surface area contributed by atoms with Crippen molar-refractivity contribution in [1.82, 2.24) is 19.7 Å². The van der Waals surface area contributed by atoms with Gasteiger partial charge in [0.1, 0.15) is 0 Å². The van der Waals surface area contributed by atoms with E-state index in [0.717, 1.165) is 17.8 Å². The number of aryl methyl sites for hydroxylation is 1. The molecular weight excluding hydrogens is 336 g/mol. The van der Waals surface area contributed by atoms with Crippen LogP contribution in [0, 0.1) is 11.6 Å². The van der Waals surface area contributed by atoms with Gasteiger partial charge in [0.2, 0.25) is 5.91 Å². The fraction of sp³-hybridized carbons (Fsp3) is 0.267. The number of nitrogens with zero attached hydrogens (tertiary/aromatic N) is 4. The van der Waals surface area contributed by atoms with Crippen LogP contribution >= 0.6 is 11.8 Å². The zero-order valence-electron chi connectivity index (χ0n) is 12.7. The fourth-order valence-electron chi connectivity index (χ4n) is 2.74. The standard InChI is InChI=1S/C15H13F2N5OS/c1-21-7-8(6-18-21)22-3-2-13(14(22)23)24-15-19-11-4-9(16)10(17)5-12(11)20-15/h4-7,13H,2-3H2,1H3,(H,19,20). The summed E-state index contributed by atoms with van der Waals surface area (Å²) in [6.07, 6.45) is 4.10. The SMILES string of the molecule is Cn1cc(N2CCC(Sc3nc4cc(F)c(F)cc4[nH]3)C2=O)cn1. The van der Waals surface area contributed by atoms with Gasteiger partial charge in [-0.25, -0.2) is 13.8 Å². The molecule has 0 bridgehead atoms. The molecule has 1 fully saturated rings. The number of aromatic amines is 1. The first-order chi connectivity index (χ1) is 11.5. The molecule has 1 amide bonds. The second kappa shape index (κ2) is 5.59. The van der Waals surface area contributed by atoms with Gasteiger partial charge in [-0.2, -0.15) is 5.10 Å². The highest BCUT2D eigenvalue weighted by Gasteiger charge is 2.34. The Balaban J connectivity index is 1.54. The molecule has 6 nitrogen and oxygen atoms in total. The number of anilines is 1. The number of H-pyrrole nitrogens is 1. The van der Waals surface area contributed by atoms with Crippen molar-refractivity contribution in [3.63, 3.8) is 0 Å². The molecule has 2 aromatic heterocycles. The van der Waals surface area contributed by atoms with Crippen molar-refractivity contribution in [1.29, 1.82) is 0 Å². The largest absolute Gasteiger partial charge is 0.333 e. The molecular formula is C15H13F2N5OS. The summed E-state index contributed by atoms with van der Waals surface area (Å²) in [6, 6.07) is 2.11. The smallest absolute Gasteiger partial charge is 0.240 e. The molecule has 124 valence electrons. The predicted octanol–water partition coefficient (Wildman–Crippen LogP) is 2.47. The van der Waals surface area contributed by atoms with E-state index in [2.05, 4.69) is 15.1 Å². The molecule has 1 aliphatic rings. The number of hydrogen-bond donors (Lipinski definition) is 1. The number of amides is 1. The van der Waals surface area contributed by atoms with Crippen LogP contribution in [0.25, 0.3) is 11.0 Å². The molecule has 1 saturated heterocycles. The number of carbonyl (C=O) groups is 1. The number of aromatic nitrogens is 4. The van der Waals surface area contributed by atoms with E-state index in [1.807, 2.05) is 0 Å². The van der Waals surface area contributed by atoms with Crippen molar-refractivity contribution < 1.29 is 13.6 Å². The lowest BCUT2D eigenvalue weighted by Gasteiger charge is -2.13. The van der Waals surface area contributed by atoms with Crippen LogP contribution in [0.15, 0.2) is 29.7 Å². The molecule has 24 heavy (non-hydrogen) atoms. The van der Waals surface area contributed by atoms with Gasteiger partial charge in [-0.15, -0.1) is 0 Å². The van der Waals surface area contributed by atoms with Gasteiger partial charge < -0.3 is 9.88 Å². The molecule has 0 spiro atoms. The Hall–Kier alpha value is -2.42. The molecule has 1 unspecified atom stereocenters. The number of benzene rings is 1. The van der Waals surface area contributed by atoms with E-state index in [0.29, 0.717) is 29.2 Å². The van der Waals surface area contributed by atoms with Crippen LogP contribution in [-0.2, 0) is 11.8 Å². The number of thioether (sulfide) groups is 1. The molecule has 9 heteroatoms. The minimum Gasteiger partial charge on any atom is -0.333 e. The lowest BCUT2D eigenvalue weighted by Crippen LogP contribution is -2.27. The molecule has 3 aromatic rings. The quantitative estimate of drug-likeness (QED) is 0.789.